The highest BCUT2D eigenvalue weighted by atomic mass is 16.5. The minimum Gasteiger partial charge on any atom is -0.490 e. The second-order valence-electron chi connectivity index (χ2n) is 6.16. The first-order valence-corrected chi connectivity index (χ1v) is 8.74. The third-order valence-corrected chi connectivity index (χ3v) is 4.31. The Morgan fingerprint density at radius 1 is 1.04 bits per heavy atom. The molecule has 2 rings (SSSR count). The van der Waals surface area contributed by atoms with Crippen molar-refractivity contribution in [3.05, 3.63) is 59.2 Å². The first-order valence-electron chi connectivity index (χ1n) is 8.74. The van der Waals surface area contributed by atoms with Crippen LogP contribution < -0.4 is 14.8 Å². The van der Waals surface area contributed by atoms with E-state index in [-0.39, 0.29) is 0 Å². The van der Waals surface area contributed by atoms with Crippen LogP contribution in [0.4, 0.5) is 0 Å². The molecule has 130 valence electrons. The molecule has 0 aliphatic carbocycles. The third-order valence-electron chi connectivity index (χ3n) is 4.31. The van der Waals surface area contributed by atoms with Crippen molar-refractivity contribution < 1.29 is 9.47 Å². The largest absolute Gasteiger partial charge is 0.490 e. The van der Waals surface area contributed by atoms with Crippen LogP contribution in [0, 0.1) is 6.92 Å². The highest BCUT2D eigenvalue weighted by Crippen LogP contribution is 2.30. The van der Waals surface area contributed by atoms with Gasteiger partial charge in [0.2, 0.25) is 0 Å². The summed E-state index contributed by atoms with van der Waals surface area (Å²) in [5.74, 6) is 1.64. The van der Waals surface area contributed by atoms with E-state index in [0.29, 0.717) is 19.3 Å². The number of ether oxygens (including phenoxy) is 2. The molecule has 24 heavy (non-hydrogen) atoms. The molecule has 1 atom stereocenters. The van der Waals surface area contributed by atoms with Crippen LogP contribution in [0.25, 0.3) is 0 Å². The highest BCUT2D eigenvalue weighted by molar-refractivity contribution is 5.43. The Morgan fingerprint density at radius 2 is 1.83 bits per heavy atom. The van der Waals surface area contributed by atoms with Crippen LogP contribution in [0.5, 0.6) is 11.5 Å². The molecule has 0 aliphatic heterocycles. The van der Waals surface area contributed by atoms with Gasteiger partial charge in [0.05, 0.1) is 6.61 Å². The fourth-order valence-electron chi connectivity index (χ4n) is 2.55. The zero-order valence-electron chi connectivity index (χ0n) is 15.3. The monoisotopic (exact) mass is 327 g/mol. The van der Waals surface area contributed by atoms with Gasteiger partial charge in [0.1, 0.15) is 6.61 Å². The van der Waals surface area contributed by atoms with Crippen LogP contribution in [-0.4, -0.2) is 19.7 Å². The van der Waals surface area contributed by atoms with Gasteiger partial charge in [-0.2, -0.15) is 0 Å². The molecule has 1 N–H and O–H groups in total. The molecule has 0 saturated heterocycles. The minimum absolute atomic E-state index is 0.512. The molecular formula is C21H29NO2. The van der Waals surface area contributed by atoms with E-state index in [1.165, 1.54) is 16.7 Å². The Labute approximate surface area is 146 Å². The Morgan fingerprint density at radius 3 is 2.54 bits per heavy atom. The predicted octanol–water partition coefficient (Wildman–Crippen LogP) is 4.51. The maximum absolute atomic E-state index is 6.02. The molecule has 3 heteroatoms. The zero-order valence-corrected chi connectivity index (χ0v) is 15.3. The van der Waals surface area contributed by atoms with Crippen molar-refractivity contribution in [1.82, 2.24) is 5.32 Å². The lowest BCUT2D eigenvalue weighted by Gasteiger charge is -2.15. The van der Waals surface area contributed by atoms with E-state index >= 15 is 0 Å². The molecule has 0 saturated carbocycles. The average molecular weight is 327 g/mol. The maximum atomic E-state index is 6.02. The van der Waals surface area contributed by atoms with Gasteiger partial charge in [0.15, 0.2) is 11.5 Å². The van der Waals surface area contributed by atoms with Gasteiger partial charge in [-0.1, -0.05) is 30.3 Å². The Balaban J connectivity index is 2.07. The topological polar surface area (TPSA) is 30.5 Å². The normalized spacial score (nSPS) is 12.0. The summed E-state index contributed by atoms with van der Waals surface area (Å²) < 4.78 is 11.8. The molecule has 3 nitrogen and oxygen atoms in total. The van der Waals surface area contributed by atoms with Crippen LogP contribution in [-0.2, 0) is 13.0 Å². The third kappa shape index (κ3) is 5.27. The van der Waals surface area contributed by atoms with Crippen molar-refractivity contribution in [2.24, 2.45) is 0 Å². The summed E-state index contributed by atoms with van der Waals surface area (Å²) in [6.45, 7) is 7.50. The van der Waals surface area contributed by atoms with Crippen molar-refractivity contribution in [2.45, 2.75) is 46.3 Å². The van der Waals surface area contributed by atoms with Crippen LogP contribution in [0.1, 0.15) is 37.0 Å². The van der Waals surface area contributed by atoms with Crippen molar-refractivity contribution in [1.29, 1.82) is 0 Å². The van der Waals surface area contributed by atoms with E-state index in [1.807, 2.05) is 32.2 Å². The van der Waals surface area contributed by atoms with Crippen molar-refractivity contribution in [2.75, 3.05) is 13.7 Å². The summed E-state index contributed by atoms with van der Waals surface area (Å²) in [6, 6.07) is 15.1. The van der Waals surface area contributed by atoms with Gasteiger partial charge in [-0.15, -0.1) is 0 Å². The molecule has 0 amide bonds. The second kappa shape index (κ2) is 9.33. The lowest BCUT2D eigenvalue weighted by atomic mass is 10.1. The van der Waals surface area contributed by atoms with E-state index in [2.05, 4.69) is 43.4 Å². The zero-order chi connectivity index (χ0) is 17.4. The Kier molecular flexibility index (Phi) is 7.13. The van der Waals surface area contributed by atoms with E-state index in [0.717, 1.165) is 24.3 Å². The van der Waals surface area contributed by atoms with Gasteiger partial charge in [-0.25, -0.2) is 0 Å². The summed E-state index contributed by atoms with van der Waals surface area (Å²) >= 11 is 0. The van der Waals surface area contributed by atoms with Crippen molar-refractivity contribution in [3.8, 4) is 11.5 Å². The molecule has 0 fully saturated rings. The summed E-state index contributed by atoms with van der Waals surface area (Å²) in [6.07, 6.45) is 2.13. The lowest BCUT2D eigenvalue weighted by molar-refractivity contribution is 0.268. The molecule has 0 bridgehead atoms. The van der Waals surface area contributed by atoms with Gasteiger partial charge in [0.25, 0.3) is 0 Å². The molecule has 0 radical (unpaired) electrons. The van der Waals surface area contributed by atoms with Gasteiger partial charge in [-0.05, 0) is 69.5 Å². The van der Waals surface area contributed by atoms with E-state index in [4.69, 9.17) is 9.47 Å². The maximum Gasteiger partial charge on any atom is 0.161 e. The first-order chi connectivity index (χ1) is 11.6. The van der Waals surface area contributed by atoms with E-state index in [9.17, 15) is 0 Å². The smallest absolute Gasteiger partial charge is 0.161 e. The van der Waals surface area contributed by atoms with E-state index in [1.54, 1.807) is 0 Å². The van der Waals surface area contributed by atoms with Crippen molar-refractivity contribution in [3.63, 3.8) is 0 Å². The minimum atomic E-state index is 0.512. The molecule has 0 spiro atoms. The second-order valence-corrected chi connectivity index (χ2v) is 6.16. The molecular weight excluding hydrogens is 298 g/mol. The quantitative estimate of drug-likeness (QED) is 0.735. The number of benzene rings is 2. The lowest BCUT2D eigenvalue weighted by Crippen LogP contribution is -2.21. The first kappa shape index (κ1) is 18.3. The molecule has 0 aromatic heterocycles. The SMILES string of the molecule is CCOc1cc(CCC(C)NC)ccc1OCc1ccccc1C. The molecule has 2 aromatic carbocycles. The number of rotatable bonds is 9. The predicted molar refractivity (Wildman–Crippen MR) is 100.0 cm³/mol. The summed E-state index contributed by atoms with van der Waals surface area (Å²) in [5, 5.41) is 3.27. The molecule has 2 aromatic rings. The molecule has 0 heterocycles. The number of hydrogen-bond donors (Lipinski definition) is 1. The summed E-state index contributed by atoms with van der Waals surface area (Å²) in [4.78, 5) is 0. The van der Waals surface area contributed by atoms with Gasteiger partial charge in [-0.3, -0.25) is 0 Å². The summed E-state index contributed by atoms with van der Waals surface area (Å²) in [7, 11) is 2.00. The van der Waals surface area contributed by atoms with Crippen LogP contribution in [0.2, 0.25) is 0 Å². The van der Waals surface area contributed by atoms with Crippen LogP contribution >= 0.6 is 0 Å². The van der Waals surface area contributed by atoms with Gasteiger partial charge in [0, 0.05) is 6.04 Å². The van der Waals surface area contributed by atoms with Gasteiger partial charge >= 0.3 is 0 Å². The van der Waals surface area contributed by atoms with Crippen LogP contribution in [0.3, 0.4) is 0 Å². The number of hydrogen-bond acceptors (Lipinski definition) is 3. The van der Waals surface area contributed by atoms with Crippen LogP contribution in [0.15, 0.2) is 42.5 Å². The highest BCUT2D eigenvalue weighted by Gasteiger charge is 2.09. The number of nitrogens with one attached hydrogen (secondary N) is 1. The Hall–Kier alpha value is -2.00. The number of aryl methyl sites for hydroxylation is 2. The fraction of sp³-hybridized carbons (Fsp3) is 0.429. The average Bonchev–Trinajstić information content (AvgIpc) is 2.60. The van der Waals surface area contributed by atoms with Crippen molar-refractivity contribution >= 4 is 0 Å². The Bertz CT molecular complexity index is 639. The molecule has 1 unspecified atom stereocenters. The standard InChI is InChI=1S/C21H29NO2/c1-5-23-21-14-18(11-10-17(3)22-4)12-13-20(21)24-15-19-9-7-6-8-16(19)2/h6-9,12-14,17,22H,5,10-11,15H2,1-4H3. The van der Waals surface area contributed by atoms with E-state index < -0.39 is 0 Å². The fourth-order valence-corrected chi connectivity index (χ4v) is 2.55. The summed E-state index contributed by atoms with van der Waals surface area (Å²) in [5.41, 5.74) is 3.73. The van der Waals surface area contributed by atoms with Gasteiger partial charge < -0.3 is 14.8 Å². The molecule has 0 aliphatic rings.